The number of carbonyl (C=O) groups is 1. The van der Waals surface area contributed by atoms with Gasteiger partial charge in [0.15, 0.2) is 6.61 Å². The van der Waals surface area contributed by atoms with Crippen LogP contribution in [0.4, 0.5) is 0 Å². The average Bonchev–Trinajstić information content (AvgIpc) is 2.45. The molecule has 0 saturated carbocycles. The number of nitrogens with zero attached hydrogens (tertiary/aromatic N) is 3. The second kappa shape index (κ2) is 6.48. The van der Waals surface area contributed by atoms with E-state index in [1.54, 1.807) is 0 Å². The summed E-state index contributed by atoms with van der Waals surface area (Å²) in [6.07, 6.45) is 0.0996. The highest BCUT2D eigenvalue weighted by Crippen LogP contribution is 2.22. The molecule has 1 aromatic carbocycles. The van der Waals surface area contributed by atoms with Gasteiger partial charge >= 0.3 is 0 Å². The standard InChI is InChI=1S/C14H14N4O2/c1-2-16-13(19)9-20-14-10-5-3-4-6-11(10)17-12(18-14)7-8-15/h3-6H,2,7,9H2,1H3,(H,16,19). The van der Waals surface area contributed by atoms with Gasteiger partial charge in [0.05, 0.1) is 23.4 Å². The van der Waals surface area contributed by atoms with Gasteiger partial charge in [-0.15, -0.1) is 0 Å². The van der Waals surface area contributed by atoms with Gasteiger partial charge < -0.3 is 10.1 Å². The summed E-state index contributed by atoms with van der Waals surface area (Å²) in [5, 5.41) is 12.1. The van der Waals surface area contributed by atoms with Crippen LogP contribution >= 0.6 is 0 Å². The SMILES string of the molecule is CCNC(=O)COc1nc(CC#N)nc2ccccc12. The summed E-state index contributed by atoms with van der Waals surface area (Å²) in [4.78, 5) is 19.9. The molecule has 0 unspecified atom stereocenters. The lowest BCUT2D eigenvalue weighted by Crippen LogP contribution is -2.28. The zero-order valence-corrected chi connectivity index (χ0v) is 11.1. The normalized spacial score (nSPS) is 10.0. The fourth-order valence-electron chi connectivity index (χ4n) is 1.74. The fraction of sp³-hybridized carbons (Fsp3) is 0.286. The number of para-hydroxylation sites is 1. The van der Waals surface area contributed by atoms with Crippen LogP contribution < -0.4 is 10.1 Å². The summed E-state index contributed by atoms with van der Waals surface area (Å²) in [6, 6.07) is 9.32. The van der Waals surface area contributed by atoms with Crippen molar-refractivity contribution < 1.29 is 9.53 Å². The monoisotopic (exact) mass is 270 g/mol. The number of hydrogen-bond donors (Lipinski definition) is 1. The van der Waals surface area contributed by atoms with Crippen LogP contribution in [0.3, 0.4) is 0 Å². The topological polar surface area (TPSA) is 87.9 Å². The minimum atomic E-state index is -0.211. The van der Waals surface area contributed by atoms with E-state index in [9.17, 15) is 4.79 Å². The van der Waals surface area contributed by atoms with Crippen LogP contribution in [-0.4, -0.2) is 29.0 Å². The smallest absolute Gasteiger partial charge is 0.257 e. The number of likely N-dealkylation sites (N-methyl/N-ethyl adjacent to an activating group) is 1. The number of nitrogens with one attached hydrogen (secondary N) is 1. The quantitative estimate of drug-likeness (QED) is 0.882. The second-order valence-electron chi connectivity index (χ2n) is 4.04. The number of nitriles is 1. The molecule has 0 saturated heterocycles. The van der Waals surface area contributed by atoms with Crippen molar-refractivity contribution in [3.63, 3.8) is 0 Å². The molecule has 20 heavy (non-hydrogen) atoms. The maximum absolute atomic E-state index is 11.4. The molecule has 0 radical (unpaired) electrons. The Hall–Kier alpha value is -2.68. The number of benzene rings is 1. The van der Waals surface area contributed by atoms with Crippen molar-refractivity contribution in [3.8, 4) is 11.9 Å². The molecule has 1 amide bonds. The van der Waals surface area contributed by atoms with E-state index in [1.807, 2.05) is 37.3 Å². The summed E-state index contributed by atoms with van der Waals surface area (Å²) >= 11 is 0. The van der Waals surface area contributed by atoms with Crippen LogP contribution in [0.2, 0.25) is 0 Å². The minimum Gasteiger partial charge on any atom is -0.467 e. The molecule has 0 aliphatic heterocycles. The predicted octanol–water partition coefficient (Wildman–Crippen LogP) is 1.21. The van der Waals surface area contributed by atoms with E-state index in [4.69, 9.17) is 10.00 Å². The molecule has 2 aromatic rings. The Balaban J connectivity index is 2.30. The van der Waals surface area contributed by atoms with Gasteiger partial charge in [0.25, 0.3) is 5.91 Å². The molecule has 0 spiro atoms. The van der Waals surface area contributed by atoms with E-state index in [0.717, 1.165) is 5.39 Å². The molecule has 1 aromatic heterocycles. The Morgan fingerprint density at radius 1 is 1.40 bits per heavy atom. The number of rotatable bonds is 5. The second-order valence-corrected chi connectivity index (χ2v) is 4.04. The minimum absolute atomic E-state index is 0.0996. The van der Waals surface area contributed by atoms with E-state index in [1.165, 1.54) is 0 Å². The number of ether oxygens (including phenoxy) is 1. The van der Waals surface area contributed by atoms with Gasteiger partial charge in [-0.2, -0.15) is 10.2 Å². The molecule has 0 aliphatic rings. The summed E-state index contributed by atoms with van der Waals surface area (Å²) in [5.41, 5.74) is 0.693. The maximum atomic E-state index is 11.4. The van der Waals surface area contributed by atoms with Gasteiger partial charge in [-0.1, -0.05) is 12.1 Å². The zero-order valence-electron chi connectivity index (χ0n) is 11.1. The van der Waals surface area contributed by atoms with E-state index < -0.39 is 0 Å². The van der Waals surface area contributed by atoms with Crippen LogP contribution in [0, 0.1) is 11.3 Å². The first kappa shape index (κ1) is 13.7. The van der Waals surface area contributed by atoms with Crippen molar-refractivity contribution in [1.29, 1.82) is 5.26 Å². The van der Waals surface area contributed by atoms with Crippen molar-refractivity contribution in [1.82, 2.24) is 15.3 Å². The van der Waals surface area contributed by atoms with Crippen LogP contribution in [0.15, 0.2) is 24.3 Å². The van der Waals surface area contributed by atoms with Crippen molar-refractivity contribution in [2.45, 2.75) is 13.3 Å². The Kier molecular flexibility index (Phi) is 4.45. The predicted molar refractivity (Wildman–Crippen MR) is 73.0 cm³/mol. The third-order valence-electron chi connectivity index (χ3n) is 2.57. The lowest BCUT2D eigenvalue weighted by atomic mass is 10.2. The molecule has 0 bridgehead atoms. The average molecular weight is 270 g/mol. The van der Waals surface area contributed by atoms with Crippen molar-refractivity contribution >= 4 is 16.8 Å². The molecule has 0 atom stereocenters. The van der Waals surface area contributed by atoms with Crippen LogP contribution in [-0.2, 0) is 11.2 Å². The molecule has 102 valence electrons. The number of carbonyl (C=O) groups excluding carboxylic acids is 1. The van der Waals surface area contributed by atoms with Gasteiger partial charge in [-0.25, -0.2) is 4.98 Å². The molecular formula is C14H14N4O2. The lowest BCUT2D eigenvalue weighted by Gasteiger charge is -2.09. The van der Waals surface area contributed by atoms with E-state index in [-0.39, 0.29) is 18.9 Å². The lowest BCUT2D eigenvalue weighted by molar-refractivity contribution is -0.123. The first-order chi connectivity index (χ1) is 9.74. The Labute approximate surface area is 116 Å². The van der Waals surface area contributed by atoms with Crippen LogP contribution in [0.25, 0.3) is 10.9 Å². The van der Waals surface area contributed by atoms with Crippen molar-refractivity contribution in [2.24, 2.45) is 0 Å². The molecule has 1 N–H and O–H groups in total. The van der Waals surface area contributed by atoms with Crippen molar-refractivity contribution in [2.75, 3.05) is 13.2 Å². The Bertz CT molecular complexity index is 664. The van der Waals surface area contributed by atoms with Crippen molar-refractivity contribution in [3.05, 3.63) is 30.1 Å². The van der Waals surface area contributed by atoms with Gasteiger partial charge in [0, 0.05) is 6.54 Å². The molecule has 1 heterocycles. The summed E-state index contributed by atoms with van der Waals surface area (Å²) in [6.45, 7) is 2.27. The number of fused-ring (bicyclic) bond motifs is 1. The van der Waals surface area contributed by atoms with Gasteiger partial charge in [-0.05, 0) is 19.1 Å². The molecular weight excluding hydrogens is 256 g/mol. The number of amides is 1. The molecule has 6 heteroatoms. The third-order valence-corrected chi connectivity index (χ3v) is 2.57. The number of hydrogen-bond acceptors (Lipinski definition) is 5. The summed E-state index contributed by atoms with van der Waals surface area (Å²) in [5.74, 6) is 0.501. The van der Waals surface area contributed by atoms with E-state index in [2.05, 4.69) is 15.3 Å². The molecule has 2 rings (SSSR count). The van der Waals surface area contributed by atoms with Gasteiger partial charge in [-0.3, -0.25) is 4.79 Å². The fourth-order valence-corrected chi connectivity index (χ4v) is 1.74. The van der Waals surface area contributed by atoms with E-state index in [0.29, 0.717) is 23.8 Å². The summed E-state index contributed by atoms with van der Waals surface area (Å²) < 4.78 is 5.45. The van der Waals surface area contributed by atoms with Crippen LogP contribution in [0.1, 0.15) is 12.7 Å². The van der Waals surface area contributed by atoms with Gasteiger partial charge in [0.2, 0.25) is 5.88 Å². The Morgan fingerprint density at radius 3 is 2.95 bits per heavy atom. The molecule has 0 aliphatic carbocycles. The third kappa shape index (κ3) is 3.20. The molecule has 0 fully saturated rings. The number of aromatic nitrogens is 2. The Morgan fingerprint density at radius 2 is 2.20 bits per heavy atom. The first-order valence-electron chi connectivity index (χ1n) is 6.26. The summed E-state index contributed by atoms with van der Waals surface area (Å²) in [7, 11) is 0. The van der Waals surface area contributed by atoms with Crippen LogP contribution in [0.5, 0.6) is 5.88 Å². The highest BCUT2D eigenvalue weighted by molar-refractivity contribution is 5.84. The highest BCUT2D eigenvalue weighted by atomic mass is 16.5. The largest absolute Gasteiger partial charge is 0.467 e. The van der Waals surface area contributed by atoms with E-state index >= 15 is 0 Å². The first-order valence-corrected chi connectivity index (χ1v) is 6.26. The van der Waals surface area contributed by atoms with Gasteiger partial charge in [0.1, 0.15) is 5.82 Å². The maximum Gasteiger partial charge on any atom is 0.257 e. The molecule has 6 nitrogen and oxygen atoms in total. The zero-order chi connectivity index (χ0) is 14.4. The highest BCUT2D eigenvalue weighted by Gasteiger charge is 2.10.